The molecule has 8 heteroatoms. The van der Waals surface area contributed by atoms with Crippen LogP contribution in [-0.2, 0) is 13.1 Å². The average molecular weight is 300 g/mol. The molecule has 0 unspecified atom stereocenters. The molecular formula is C14H16N6O2. The van der Waals surface area contributed by atoms with E-state index >= 15 is 0 Å². The number of rotatable bonds is 6. The summed E-state index contributed by atoms with van der Waals surface area (Å²) in [6.45, 7) is 1.36. The first-order chi connectivity index (χ1) is 10.8. The van der Waals surface area contributed by atoms with Crippen molar-refractivity contribution in [3.63, 3.8) is 0 Å². The molecular weight excluding hydrogens is 284 g/mol. The van der Waals surface area contributed by atoms with E-state index in [1.54, 1.807) is 29.9 Å². The van der Waals surface area contributed by atoms with Crippen LogP contribution in [0, 0.1) is 0 Å². The molecule has 22 heavy (non-hydrogen) atoms. The predicted molar refractivity (Wildman–Crippen MR) is 78.6 cm³/mol. The van der Waals surface area contributed by atoms with Crippen LogP contribution in [0.5, 0.6) is 11.5 Å². The standard InChI is InChI=1S/C14H16N6O2/c1-21-13-4-3-11(7-14(13)22-2)12-8-19(18-17-12)5-6-20-10-15-9-16-20/h3-4,7-10H,5-6H2,1-2H3. The number of methoxy groups -OCH3 is 2. The Labute approximate surface area is 127 Å². The van der Waals surface area contributed by atoms with Crippen molar-refractivity contribution in [2.75, 3.05) is 14.2 Å². The summed E-state index contributed by atoms with van der Waals surface area (Å²) in [5, 5.41) is 12.4. The third-order valence-electron chi connectivity index (χ3n) is 3.24. The molecule has 0 amide bonds. The molecule has 2 aromatic heterocycles. The molecule has 3 aromatic rings. The molecule has 0 aliphatic carbocycles. The molecule has 0 saturated heterocycles. The van der Waals surface area contributed by atoms with Crippen molar-refractivity contribution in [1.82, 2.24) is 29.8 Å². The summed E-state index contributed by atoms with van der Waals surface area (Å²) < 4.78 is 14.1. The normalized spacial score (nSPS) is 10.6. The lowest BCUT2D eigenvalue weighted by atomic mass is 10.1. The molecule has 0 bridgehead atoms. The van der Waals surface area contributed by atoms with Gasteiger partial charge in [0.1, 0.15) is 18.3 Å². The van der Waals surface area contributed by atoms with Crippen molar-refractivity contribution in [3.8, 4) is 22.8 Å². The van der Waals surface area contributed by atoms with Gasteiger partial charge in [0.05, 0.1) is 33.5 Å². The van der Waals surface area contributed by atoms with E-state index in [1.807, 2.05) is 24.4 Å². The van der Waals surface area contributed by atoms with E-state index in [9.17, 15) is 0 Å². The van der Waals surface area contributed by atoms with Gasteiger partial charge in [-0.1, -0.05) is 5.21 Å². The maximum absolute atomic E-state index is 5.30. The van der Waals surface area contributed by atoms with Crippen molar-refractivity contribution >= 4 is 0 Å². The second-order valence-corrected chi connectivity index (χ2v) is 4.60. The maximum Gasteiger partial charge on any atom is 0.161 e. The fraction of sp³-hybridized carbons (Fsp3) is 0.286. The smallest absolute Gasteiger partial charge is 0.161 e. The van der Waals surface area contributed by atoms with Gasteiger partial charge >= 0.3 is 0 Å². The zero-order chi connectivity index (χ0) is 15.4. The SMILES string of the molecule is COc1ccc(-c2cn(CCn3cncn3)nn2)cc1OC. The third kappa shape index (κ3) is 2.90. The molecule has 114 valence electrons. The topological polar surface area (TPSA) is 79.9 Å². The molecule has 0 atom stereocenters. The Balaban J connectivity index is 1.75. The molecule has 0 saturated carbocycles. The van der Waals surface area contributed by atoms with E-state index in [-0.39, 0.29) is 0 Å². The number of hydrogen-bond donors (Lipinski definition) is 0. The summed E-state index contributed by atoms with van der Waals surface area (Å²) in [4.78, 5) is 3.90. The van der Waals surface area contributed by atoms with Crippen LogP contribution in [0.2, 0.25) is 0 Å². The molecule has 8 nitrogen and oxygen atoms in total. The molecule has 0 N–H and O–H groups in total. The van der Waals surface area contributed by atoms with Gasteiger partial charge in [0.25, 0.3) is 0 Å². The van der Waals surface area contributed by atoms with Gasteiger partial charge in [-0.2, -0.15) is 5.10 Å². The van der Waals surface area contributed by atoms with Crippen LogP contribution in [0.4, 0.5) is 0 Å². The number of ether oxygens (including phenoxy) is 2. The molecule has 1 aromatic carbocycles. The lowest BCUT2D eigenvalue weighted by Gasteiger charge is -2.08. The molecule has 0 spiro atoms. The van der Waals surface area contributed by atoms with Crippen LogP contribution in [0.1, 0.15) is 0 Å². The van der Waals surface area contributed by atoms with Gasteiger partial charge in [-0.25, -0.2) is 4.98 Å². The summed E-state index contributed by atoms with van der Waals surface area (Å²) in [5.41, 5.74) is 1.70. The Morgan fingerprint density at radius 2 is 1.86 bits per heavy atom. The predicted octanol–water partition coefficient (Wildman–Crippen LogP) is 1.25. The van der Waals surface area contributed by atoms with Gasteiger partial charge in [0.2, 0.25) is 0 Å². The summed E-state index contributed by atoms with van der Waals surface area (Å²) in [6.07, 6.45) is 5.07. The van der Waals surface area contributed by atoms with Gasteiger partial charge in [0, 0.05) is 5.56 Å². The van der Waals surface area contributed by atoms with E-state index in [2.05, 4.69) is 20.4 Å². The van der Waals surface area contributed by atoms with E-state index < -0.39 is 0 Å². The third-order valence-corrected chi connectivity index (χ3v) is 3.24. The lowest BCUT2D eigenvalue weighted by Crippen LogP contribution is -2.08. The van der Waals surface area contributed by atoms with Crippen LogP contribution in [-0.4, -0.2) is 44.0 Å². The van der Waals surface area contributed by atoms with Gasteiger partial charge < -0.3 is 9.47 Å². The van der Waals surface area contributed by atoms with Crippen LogP contribution >= 0.6 is 0 Å². The van der Waals surface area contributed by atoms with E-state index in [0.717, 1.165) is 11.3 Å². The van der Waals surface area contributed by atoms with Crippen LogP contribution in [0.3, 0.4) is 0 Å². The Morgan fingerprint density at radius 3 is 2.59 bits per heavy atom. The Morgan fingerprint density at radius 1 is 1.05 bits per heavy atom. The summed E-state index contributed by atoms with van der Waals surface area (Å²) in [6, 6.07) is 5.65. The second-order valence-electron chi connectivity index (χ2n) is 4.60. The Kier molecular flexibility index (Phi) is 3.99. The molecule has 0 aliphatic heterocycles. The first-order valence-electron chi connectivity index (χ1n) is 6.75. The van der Waals surface area contributed by atoms with Crippen LogP contribution < -0.4 is 9.47 Å². The molecule has 0 fully saturated rings. The summed E-state index contributed by atoms with van der Waals surface area (Å²) in [7, 11) is 3.22. The minimum Gasteiger partial charge on any atom is -0.493 e. The first kappa shape index (κ1) is 14.1. The quantitative estimate of drug-likeness (QED) is 0.681. The summed E-state index contributed by atoms with van der Waals surface area (Å²) in [5.74, 6) is 1.35. The number of nitrogens with zero attached hydrogens (tertiary/aromatic N) is 6. The second kappa shape index (κ2) is 6.25. The zero-order valence-electron chi connectivity index (χ0n) is 12.4. The highest BCUT2D eigenvalue weighted by atomic mass is 16.5. The van der Waals surface area contributed by atoms with Gasteiger partial charge in [-0.3, -0.25) is 9.36 Å². The Hall–Kier alpha value is -2.90. The monoisotopic (exact) mass is 300 g/mol. The highest BCUT2D eigenvalue weighted by Crippen LogP contribution is 2.31. The number of hydrogen-bond acceptors (Lipinski definition) is 6. The van der Waals surface area contributed by atoms with Gasteiger partial charge in [-0.05, 0) is 18.2 Å². The molecule has 3 rings (SSSR count). The molecule has 2 heterocycles. The van der Waals surface area contributed by atoms with Crippen molar-refractivity contribution in [3.05, 3.63) is 37.1 Å². The average Bonchev–Trinajstić information content (AvgIpc) is 3.23. The lowest BCUT2D eigenvalue weighted by molar-refractivity contribution is 0.355. The van der Waals surface area contributed by atoms with Gasteiger partial charge in [-0.15, -0.1) is 5.10 Å². The highest BCUT2D eigenvalue weighted by molar-refractivity contribution is 5.63. The fourth-order valence-corrected chi connectivity index (χ4v) is 2.09. The molecule has 0 aliphatic rings. The summed E-state index contributed by atoms with van der Waals surface area (Å²) >= 11 is 0. The van der Waals surface area contributed by atoms with E-state index in [0.29, 0.717) is 24.6 Å². The van der Waals surface area contributed by atoms with Crippen LogP contribution in [0.25, 0.3) is 11.3 Å². The number of aromatic nitrogens is 6. The number of benzene rings is 1. The zero-order valence-corrected chi connectivity index (χ0v) is 12.4. The van der Waals surface area contributed by atoms with E-state index in [1.165, 1.54) is 6.33 Å². The minimum absolute atomic E-state index is 0.664. The van der Waals surface area contributed by atoms with Crippen molar-refractivity contribution in [1.29, 1.82) is 0 Å². The highest BCUT2D eigenvalue weighted by Gasteiger charge is 2.09. The minimum atomic E-state index is 0.664. The fourth-order valence-electron chi connectivity index (χ4n) is 2.09. The van der Waals surface area contributed by atoms with Crippen molar-refractivity contribution in [2.45, 2.75) is 13.1 Å². The largest absolute Gasteiger partial charge is 0.493 e. The van der Waals surface area contributed by atoms with Crippen molar-refractivity contribution in [2.24, 2.45) is 0 Å². The Bertz CT molecular complexity index is 738. The van der Waals surface area contributed by atoms with Gasteiger partial charge in [0.15, 0.2) is 11.5 Å². The molecule has 0 radical (unpaired) electrons. The maximum atomic E-state index is 5.30. The van der Waals surface area contributed by atoms with E-state index in [4.69, 9.17) is 9.47 Å². The van der Waals surface area contributed by atoms with Crippen molar-refractivity contribution < 1.29 is 9.47 Å². The van der Waals surface area contributed by atoms with Crippen LogP contribution in [0.15, 0.2) is 37.1 Å². The number of aryl methyl sites for hydroxylation is 2. The first-order valence-corrected chi connectivity index (χ1v) is 6.75.